The van der Waals surface area contributed by atoms with E-state index in [9.17, 15) is 4.79 Å². The van der Waals surface area contributed by atoms with Crippen LogP contribution in [0.5, 0.6) is 0 Å². The number of benzene rings is 1. The lowest BCUT2D eigenvalue weighted by atomic mass is 10.2. The number of hydrogen-bond donors (Lipinski definition) is 2. The molecule has 1 amide bonds. The van der Waals surface area contributed by atoms with Crippen molar-refractivity contribution < 1.29 is 4.79 Å². The van der Waals surface area contributed by atoms with E-state index in [-0.39, 0.29) is 5.91 Å². The van der Waals surface area contributed by atoms with E-state index >= 15 is 0 Å². The maximum absolute atomic E-state index is 12.4. The number of nitrogen functional groups attached to an aromatic ring is 1. The van der Waals surface area contributed by atoms with Gasteiger partial charge in [-0.25, -0.2) is 9.50 Å². The molecular weight excluding hydrogens is 328 g/mol. The Morgan fingerprint density at radius 1 is 1.08 bits per heavy atom. The molecule has 0 unspecified atom stereocenters. The minimum absolute atomic E-state index is 0.225. The molecule has 0 bridgehead atoms. The fourth-order valence-corrected chi connectivity index (χ4v) is 2.71. The normalized spacial score (nSPS) is 10.8. The molecule has 0 spiro atoms. The van der Waals surface area contributed by atoms with E-state index in [1.165, 1.54) is 10.7 Å². The van der Waals surface area contributed by atoms with Gasteiger partial charge in [-0.3, -0.25) is 9.78 Å². The van der Waals surface area contributed by atoms with Crippen molar-refractivity contribution in [3.05, 3.63) is 78.2 Å². The number of rotatable bonds is 4. The van der Waals surface area contributed by atoms with Crippen molar-refractivity contribution in [2.75, 3.05) is 5.73 Å². The Bertz CT molecular complexity index is 1060. The van der Waals surface area contributed by atoms with Gasteiger partial charge in [0.2, 0.25) is 0 Å². The summed E-state index contributed by atoms with van der Waals surface area (Å²) in [5.74, 6) is 0.0924. The number of anilines is 1. The molecule has 0 aliphatic rings. The van der Waals surface area contributed by atoms with E-state index in [0.29, 0.717) is 34.8 Å². The fourth-order valence-electron chi connectivity index (χ4n) is 2.71. The summed E-state index contributed by atoms with van der Waals surface area (Å²) in [5.41, 5.74) is 9.36. The first-order valence-corrected chi connectivity index (χ1v) is 8.10. The lowest BCUT2D eigenvalue weighted by molar-refractivity contribution is 0.0950. The van der Waals surface area contributed by atoms with Crippen molar-refractivity contribution in [2.24, 2.45) is 0 Å². The monoisotopic (exact) mass is 344 g/mol. The van der Waals surface area contributed by atoms with Crippen LogP contribution in [0.3, 0.4) is 0 Å². The molecule has 26 heavy (non-hydrogen) atoms. The summed E-state index contributed by atoms with van der Waals surface area (Å²) in [5, 5.41) is 7.13. The number of carbonyl (C=O) groups excluding carboxylic acids is 1. The minimum atomic E-state index is -0.225. The predicted molar refractivity (Wildman–Crippen MR) is 98.2 cm³/mol. The second-order valence-corrected chi connectivity index (χ2v) is 5.75. The van der Waals surface area contributed by atoms with Crippen LogP contribution < -0.4 is 11.1 Å². The molecule has 128 valence electrons. The molecule has 7 nitrogen and oxygen atoms in total. The first-order chi connectivity index (χ1) is 12.7. The van der Waals surface area contributed by atoms with Crippen molar-refractivity contribution in [3.8, 4) is 11.3 Å². The van der Waals surface area contributed by atoms with Crippen LogP contribution in [0.2, 0.25) is 0 Å². The maximum atomic E-state index is 12.4. The standard InChI is InChI=1S/C19H16N6O/c20-17-16(15-8-4-5-9-21-15)18-22-11-14(12-25(18)24-17)19(26)23-10-13-6-2-1-3-7-13/h1-9,11-12H,10H2,(H2,20,24)(H,23,26). The van der Waals surface area contributed by atoms with Crippen LogP contribution in [0, 0.1) is 0 Å². The van der Waals surface area contributed by atoms with Gasteiger partial charge in [-0.05, 0) is 17.7 Å². The third-order valence-electron chi connectivity index (χ3n) is 3.98. The van der Waals surface area contributed by atoms with Gasteiger partial charge in [0.1, 0.15) is 0 Å². The highest BCUT2D eigenvalue weighted by Crippen LogP contribution is 2.27. The molecule has 3 aromatic heterocycles. The Kier molecular flexibility index (Phi) is 4.03. The number of aromatic nitrogens is 4. The number of fused-ring (bicyclic) bond motifs is 1. The molecule has 4 aromatic rings. The topological polar surface area (TPSA) is 98.2 Å². The number of amides is 1. The Labute approximate surface area is 149 Å². The SMILES string of the molecule is Nc1nn2cc(C(=O)NCc3ccccc3)cnc2c1-c1ccccn1. The van der Waals surface area contributed by atoms with Gasteiger partial charge in [0.15, 0.2) is 11.5 Å². The van der Waals surface area contributed by atoms with Gasteiger partial charge in [-0.1, -0.05) is 36.4 Å². The summed E-state index contributed by atoms with van der Waals surface area (Å²) in [7, 11) is 0. The van der Waals surface area contributed by atoms with Crippen LogP contribution in [0.15, 0.2) is 67.1 Å². The smallest absolute Gasteiger partial charge is 0.254 e. The third-order valence-corrected chi connectivity index (χ3v) is 3.98. The van der Waals surface area contributed by atoms with Crippen LogP contribution in [0.1, 0.15) is 15.9 Å². The van der Waals surface area contributed by atoms with E-state index in [0.717, 1.165) is 5.56 Å². The average Bonchev–Trinajstić information content (AvgIpc) is 3.02. The Morgan fingerprint density at radius 2 is 1.88 bits per heavy atom. The van der Waals surface area contributed by atoms with Gasteiger partial charge < -0.3 is 11.1 Å². The molecule has 0 fully saturated rings. The average molecular weight is 344 g/mol. The highest BCUT2D eigenvalue weighted by molar-refractivity contribution is 5.94. The van der Waals surface area contributed by atoms with Gasteiger partial charge in [-0.2, -0.15) is 0 Å². The fraction of sp³-hybridized carbons (Fsp3) is 0.0526. The van der Waals surface area contributed by atoms with Crippen molar-refractivity contribution in [1.29, 1.82) is 0 Å². The van der Waals surface area contributed by atoms with Gasteiger partial charge in [0.05, 0.1) is 16.8 Å². The van der Waals surface area contributed by atoms with Gasteiger partial charge in [-0.15, -0.1) is 5.10 Å². The molecule has 1 aromatic carbocycles. The van der Waals surface area contributed by atoms with E-state index in [4.69, 9.17) is 5.73 Å². The maximum Gasteiger partial charge on any atom is 0.254 e. The molecule has 0 aliphatic heterocycles. The van der Waals surface area contributed by atoms with Gasteiger partial charge >= 0.3 is 0 Å². The second kappa shape index (κ2) is 6.64. The number of carbonyl (C=O) groups is 1. The molecule has 0 atom stereocenters. The first kappa shape index (κ1) is 15.8. The van der Waals surface area contributed by atoms with Crippen molar-refractivity contribution in [1.82, 2.24) is 24.9 Å². The minimum Gasteiger partial charge on any atom is -0.382 e. The lowest BCUT2D eigenvalue weighted by Crippen LogP contribution is -2.23. The van der Waals surface area contributed by atoms with Crippen molar-refractivity contribution >= 4 is 17.4 Å². The molecule has 0 aliphatic carbocycles. The summed E-state index contributed by atoms with van der Waals surface area (Å²) in [6, 6.07) is 15.2. The largest absolute Gasteiger partial charge is 0.382 e. The quantitative estimate of drug-likeness (QED) is 0.592. The number of nitrogens with one attached hydrogen (secondary N) is 1. The molecule has 0 saturated carbocycles. The van der Waals surface area contributed by atoms with Crippen molar-refractivity contribution in [2.45, 2.75) is 6.54 Å². The number of pyridine rings is 1. The van der Waals surface area contributed by atoms with Crippen LogP contribution in [-0.4, -0.2) is 25.5 Å². The van der Waals surface area contributed by atoms with Gasteiger partial charge in [0.25, 0.3) is 5.91 Å². The third kappa shape index (κ3) is 2.98. The Balaban J connectivity index is 1.61. The molecular formula is C19H16N6O. The summed E-state index contributed by atoms with van der Waals surface area (Å²) in [6.07, 6.45) is 4.82. The molecule has 3 N–H and O–H groups in total. The summed E-state index contributed by atoms with van der Waals surface area (Å²) in [4.78, 5) is 21.1. The molecule has 0 saturated heterocycles. The molecule has 7 heteroatoms. The van der Waals surface area contributed by atoms with Crippen LogP contribution in [0.25, 0.3) is 16.9 Å². The zero-order valence-corrected chi connectivity index (χ0v) is 13.8. The molecule has 3 heterocycles. The van der Waals surface area contributed by atoms with Crippen LogP contribution in [-0.2, 0) is 6.54 Å². The van der Waals surface area contributed by atoms with Crippen LogP contribution in [0.4, 0.5) is 5.82 Å². The van der Waals surface area contributed by atoms with E-state index < -0.39 is 0 Å². The zero-order valence-electron chi connectivity index (χ0n) is 13.8. The number of hydrogen-bond acceptors (Lipinski definition) is 5. The number of nitrogens with zero attached hydrogens (tertiary/aromatic N) is 4. The van der Waals surface area contributed by atoms with Crippen LogP contribution >= 0.6 is 0 Å². The lowest BCUT2D eigenvalue weighted by Gasteiger charge is -2.05. The predicted octanol–water partition coefficient (Wildman–Crippen LogP) is 2.30. The summed E-state index contributed by atoms with van der Waals surface area (Å²) in [6.45, 7) is 0.443. The number of nitrogens with two attached hydrogens (primary N) is 1. The second-order valence-electron chi connectivity index (χ2n) is 5.75. The van der Waals surface area contributed by atoms with E-state index in [1.807, 2.05) is 48.5 Å². The Morgan fingerprint density at radius 3 is 2.65 bits per heavy atom. The molecule has 0 radical (unpaired) electrons. The zero-order chi connectivity index (χ0) is 17.9. The first-order valence-electron chi connectivity index (χ1n) is 8.10. The van der Waals surface area contributed by atoms with Crippen molar-refractivity contribution in [3.63, 3.8) is 0 Å². The van der Waals surface area contributed by atoms with E-state index in [2.05, 4.69) is 20.4 Å². The summed E-state index contributed by atoms with van der Waals surface area (Å²) >= 11 is 0. The van der Waals surface area contributed by atoms with E-state index in [1.54, 1.807) is 12.4 Å². The Hall–Kier alpha value is -3.74. The summed E-state index contributed by atoms with van der Waals surface area (Å²) < 4.78 is 1.51. The van der Waals surface area contributed by atoms with Gasteiger partial charge in [0, 0.05) is 25.1 Å². The highest BCUT2D eigenvalue weighted by Gasteiger charge is 2.16. The molecule has 4 rings (SSSR count). The highest BCUT2D eigenvalue weighted by atomic mass is 16.1.